The van der Waals surface area contributed by atoms with Crippen molar-refractivity contribution in [3.63, 3.8) is 0 Å². The van der Waals surface area contributed by atoms with Gasteiger partial charge in [0.05, 0.1) is 18.4 Å². The van der Waals surface area contributed by atoms with Crippen LogP contribution in [0, 0.1) is 5.82 Å². The fourth-order valence-electron chi connectivity index (χ4n) is 4.02. The van der Waals surface area contributed by atoms with Crippen LogP contribution in [0.25, 0.3) is 5.57 Å². The van der Waals surface area contributed by atoms with Crippen LogP contribution in [0.2, 0.25) is 0 Å². The first-order chi connectivity index (χ1) is 15.6. The minimum absolute atomic E-state index is 0.0384. The maximum absolute atomic E-state index is 13.5. The number of hydrogen-bond donors (Lipinski definition) is 0. The second kappa shape index (κ2) is 8.26. The Hall–Kier alpha value is -4.01. The molecular formula is C23H20FN5O3. The molecule has 0 unspecified atom stereocenters. The van der Waals surface area contributed by atoms with Gasteiger partial charge in [-0.05, 0) is 35.9 Å². The van der Waals surface area contributed by atoms with Crippen molar-refractivity contribution in [3.8, 4) is 0 Å². The molecule has 0 N–H and O–H groups in total. The highest BCUT2D eigenvalue weighted by molar-refractivity contribution is 6.35. The summed E-state index contributed by atoms with van der Waals surface area (Å²) in [4.78, 5) is 40.4. The number of benzene rings is 1. The zero-order valence-corrected chi connectivity index (χ0v) is 17.1. The Kier molecular flexibility index (Phi) is 5.14. The van der Waals surface area contributed by atoms with E-state index in [-0.39, 0.29) is 18.0 Å². The number of rotatable bonds is 5. The smallest absolute Gasteiger partial charge is 0.278 e. The van der Waals surface area contributed by atoms with Crippen LogP contribution in [0.5, 0.6) is 0 Å². The normalized spacial score (nSPS) is 17.0. The van der Waals surface area contributed by atoms with Crippen molar-refractivity contribution in [1.29, 1.82) is 0 Å². The number of amides is 2. The number of carbonyl (C=O) groups excluding carboxylic acids is 2. The lowest BCUT2D eigenvalue weighted by molar-refractivity contribution is -0.138. The number of nitrogens with zero attached hydrogens (tertiary/aromatic N) is 5. The van der Waals surface area contributed by atoms with Crippen LogP contribution in [0.1, 0.15) is 11.3 Å². The molecule has 0 aliphatic carbocycles. The van der Waals surface area contributed by atoms with Crippen LogP contribution >= 0.6 is 0 Å². The third-order valence-electron chi connectivity index (χ3n) is 5.60. The zero-order valence-electron chi connectivity index (χ0n) is 17.1. The second-order valence-electron chi connectivity index (χ2n) is 7.53. The molecule has 32 heavy (non-hydrogen) atoms. The van der Waals surface area contributed by atoms with Gasteiger partial charge in [-0.25, -0.2) is 14.4 Å². The molecular weight excluding hydrogens is 413 g/mol. The zero-order chi connectivity index (χ0) is 22.1. The molecule has 4 heterocycles. The maximum atomic E-state index is 13.5. The third kappa shape index (κ3) is 3.62. The van der Waals surface area contributed by atoms with E-state index < -0.39 is 11.7 Å². The van der Waals surface area contributed by atoms with Crippen LogP contribution in [0.15, 0.2) is 71.2 Å². The van der Waals surface area contributed by atoms with Crippen LogP contribution in [0.4, 0.5) is 10.3 Å². The highest BCUT2D eigenvalue weighted by atomic mass is 19.1. The molecule has 0 bridgehead atoms. The lowest BCUT2D eigenvalue weighted by atomic mass is 10.0. The third-order valence-corrected chi connectivity index (χ3v) is 5.60. The molecule has 1 saturated heterocycles. The highest BCUT2D eigenvalue weighted by Crippen LogP contribution is 2.33. The van der Waals surface area contributed by atoms with E-state index in [1.165, 1.54) is 35.4 Å². The summed E-state index contributed by atoms with van der Waals surface area (Å²) in [5, 5.41) is 0. The van der Waals surface area contributed by atoms with Gasteiger partial charge in [0.1, 0.15) is 17.3 Å². The number of piperazine rings is 1. The van der Waals surface area contributed by atoms with Gasteiger partial charge >= 0.3 is 0 Å². The Bertz CT molecular complexity index is 1150. The molecule has 1 aromatic carbocycles. The summed E-state index contributed by atoms with van der Waals surface area (Å²) in [6, 6.07) is 10.8. The molecule has 2 aliphatic heterocycles. The van der Waals surface area contributed by atoms with Gasteiger partial charge in [-0.3, -0.25) is 14.5 Å². The minimum Gasteiger partial charge on any atom is -0.467 e. The maximum Gasteiger partial charge on any atom is 0.278 e. The summed E-state index contributed by atoms with van der Waals surface area (Å²) in [7, 11) is 0. The van der Waals surface area contributed by atoms with E-state index in [9.17, 15) is 14.0 Å². The lowest BCUT2D eigenvalue weighted by Crippen LogP contribution is -2.48. The number of imide groups is 1. The number of furan rings is 1. The predicted molar refractivity (Wildman–Crippen MR) is 113 cm³/mol. The van der Waals surface area contributed by atoms with E-state index in [0.29, 0.717) is 49.1 Å². The van der Waals surface area contributed by atoms with Crippen molar-refractivity contribution in [2.75, 3.05) is 31.1 Å². The Morgan fingerprint density at radius 2 is 1.56 bits per heavy atom. The minimum atomic E-state index is -0.415. The van der Waals surface area contributed by atoms with Crippen LogP contribution in [-0.2, 0) is 16.1 Å². The fourth-order valence-corrected chi connectivity index (χ4v) is 4.02. The first-order valence-electron chi connectivity index (χ1n) is 10.3. The van der Waals surface area contributed by atoms with Gasteiger partial charge < -0.3 is 14.2 Å². The average molecular weight is 433 g/mol. The summed E-state index contributed by atoms with van der Waals surface area (Å²) in [6.45, 7) is 2.28. The molecule has 8 nitrogen and oxygen atoms in total. The van der Waals surface area contributed by atoms with Gasteiger partial charge in [-0.15, -0.1) is 0 Å². The van der Waals surface area contributed by atoms with E-state index in [1.807, 2.05) is 9.80 Å². The molecule has 0 saturated carbocycles. The number of aromatic nitrogens is 2. The molecule has 3 aromatic rings. The molecule has 2 aliphatic rings. The quantitative estimate of drug-likeness (QED) is 0.571. The Balaban J connectivity index is 1.45. The number of halogens is 1. The largest absolute Gasteiger partial charge is 0.467 e. The molecule has 0 spiro atoms. The molecule has 9 heteroatoms. The van der Waals surface area contributed by atoms with Crippen molar-refractivity contribution >= 4 is 23.3 Å². The molecule has 1 fully saturated rings. The Morgan fingerprint density at radius 1 is 0.875 bits per heavy atom. The monoisotopic (exact) mass is 433 g/mol. The van der Waals surface area contributed by atoms with Gasteiger partial charge in [-0.1, -0.05) is 12.1 Å². The van der Waals surface area contributed by atoms with E-state index in [2.05, 4.69) is 9.97 Å². The Labute approximate surface area is 183 Å². The molecule has 2 amide bonds. The molecule has 5 rings (SSSR count). The van der Waals surface area contributed by atoms with Gasteiger partial charge in [0.25, 0.3) is 11.8 Å². The first-order valence-corrected chi connectivity index (χ1v) is 10.3. The van der Waals surface area contributed by atoms with Crippen molar-refractivity contribution in [3.05, 3.63) is 84.0 Å². The van der Waals surface area contributed by atoms with Crippen molar-refractivity contribution in [1.82, 2.24) is 19.8 Å². The van der Waals surface area contributed by atoms with Crippen molar-refractivity contribution in [2.24, 2.45) is 0 Å². The van der Waals surface area contributed by atoms with Gasteiger partial charge in [0.15, 0.2) is 0 Å². The summed E-state index contributed by atoms with van der Waals surface area (Å²) < 4.78 is 18.9. The standard InChI is InChI=1S/C23H20FN5O3/c24-17-6-4-16(5-7-17)19-20(22(31)29(21(19)30)15-18-3-1-14-32-18)27-10-12-28(13-11-27)23-25-8-2-9-26-23/h1-9,14H,10-13,15H2. The Morgan fingerprint density at radius 3 is 2.22 bits per heavy atom. The number of hydrogen-bond acceptors (Lipinski definition) is 7. The molecule has 2 aromatic heterocycles. The SMILES string of the molecule is O=C1C(c2ccc(F)cc2)=C(N2CCN(c3ncccn3)CC2)C(=O)N1Cc1ccco1. The lowest BCUT2D eigenvalue weighted by Gasteiger charge is -2.36. The van der Waals surface area contributed by atoms with Gasteiger partial charge in [0, 0.05) is 38.6 Å². The van der Waals surface area contributed by atoms with Gasteiger partial charge in [-0.2, -0.15) is 0 Å². The summed E-state index contributed by atoms with van der Waals surface area (Å²) in [5.41, 5.74) is 1.13. The van der Waals surface area contributed by atoms with Crippen molar-refractivity contribution < 1.29 is 18.4 Å². The molecule has 162 valence electrons. The number of carbonyl (C=O) groups is 2. The summed E-state index contributed by atoms with van der Waals surface area (Å²) in [5.74, 6) is -0.0563. The van der Waals surface area contributed by atoms with E-state index in [0.717, 1.165) is 0 Å². The molecule has 0 atom stereocenters. The van der Waals surface area contributed by atoms with Crippen LogP contribution in [-0.4, -0.2) is 57.8 Å². The van der Waals surface area contributed by atoms with Crippen LogP contribution < -0.4 is 4.90 Å². The van der Waals surface area contributed by atoms with E-state index >= 15 is 0 Å². The van der Waals surface area contributed by atoms with E-state index in [1.54, 1.807) is 30.6 Å². The first kappa shape index (κ1) is 19.9. The topological polar surface area (TPSA) is 82.8 Å². The van der Waals surface area contributed by atoms with E-state index in [4.69, 9.17) is 4.42 Å². The summed E-state index contributed by atoms with van der Waals surface area (Å²) in [6.07, 6.45) is 4.88. The van der Waals surface area contributed by atoms with Gasteiger partial charge in [0.2, 0.25) is 5.95 Å². The molecule has 0 radical (unpaired) electrons. The van der Waals surface area contributed by atoms with Crippen molar-refractivity contribution in [2.45, 2.75) is 6.54 Å². The fraction of sp³-hybridized carbons (Fsp3) is 0.217. The number of anilines is 1. The predicted octanol–water partition coefficient (Wildman–Crippen LogP) is 2.31. The highest BCUT2D eigenvalue weighted by Gasteiger charge is 2.42. The second-order valence-corrected chi connectivity index (χ2v) is 7.53. The summed E-state index contributed by atoms with van der Waals surface area (Å²) >= 11 is 0. The van der Waals surface area contributed by atoms with Crippen LogP contribution in [0.3, 0.4) is 0 Å². The average Bonchev–Trinajstić information content (AvgIpc) is 3.43.